The third kappa shape index (κ3) is 2.49. The van der Waals surface area contributed by atoms with Gasteiger partial charge in [0.05, 0.1) is 5.54 Å². The van der Waals surface area contributed by atoms with Crippen molar-refractivity contribution in [3.63, 3.8) is 0 Å². The molecular weight excluding hydrogens is 212 g/mol. The van der Waals surface area contributed by atoms with E-state index in [9.17, 15) is 4.79 Å². The van der Waals surface area contributed by atoms with Crippen LogP contribution in [0.25, 0.3) is 0 Å². The van der Waals surface area contributed by atoms with Crippen LogP contribution in [0.1, 0.15) is 52.9 Å². The van der Waals surface area contributed by atoms with Crippen molar-refractivity contribution in [2.75, 3.05) is 13.1 Å². The zero-order chi connectivity index (χ0) is 12.5. The Bertz CT molecular complexity index is 288. The Morgan fingerprint density at radius 3 is 2.71 bits per heavy atom. The van der Waals surface area contributed by atoms with Gasteiger partial charge in [-0.1, -0.05) is 13.3 Å². The van der Waals surface area contributed by atoms with E-state index >= 15 is 0 Å². The Hall–Kier alpha value is -0.570. The molecule has 1 heterocycles. The van der Waals surface area contributed by atoms with Gasteiger partial charge in [0.15, 0.2) is 0 Å². The van der Waals surface area contributed by atoms with Crippen LogP contribution in [0, 0.1) is 5.92 Å². The number of nitrogens with zero attached hydrogens (tertiary/aromatic N) is 1. The molecule has 98 valence electrons. The summed E-state index contributed by atoms with van der Waals surface area (Å²) in [5.74, 6) is 1.08. The molecule has 0 radical (unpaired) electrons. The highest BCUT2D eigenvalue weighted by molar-refractivity contribution is 5.86. The fourth-order valence-electron chi connectivity index (χ4n) is 3.58. The fourth-order valence-corrected chi connectivity index (χ4v) is 3.58. The summed E-state index contributed by atoms with van der Waals surface area (Å²) in [6, 6.07) is 0.536. The number of hydrogen-bond donors (Lipinski definition) is 1. The van der Waals surface area contributed by atoms with Crippen LogP contribution >= 0.6 is 0 Å². The average molecular weight is 238 g/mol. The van der Waals surface area contributed by atoms with Crippen molar-refractivity contribution >= 4 is 5.91 Å². The molecule has 1 aliphatic heterocycles. The van der Waals surface area contributed by atoms with E-state index in [2.05, 4.69) is 17.1 Å². The molecule has 1 aliphatic carbocycles. The van der Waals surface area contributed by atoms with Crippen LogP contribution in [0.5, 0.6) is 0 Å². The molecular formula is C14H26N2O. The van der Waals surface area contributed by atoms with Crippen molar-refractivity contribution in [3.05, 3.63) is 0 Å². The molecule has 3 nitrogen and oxygen atoms in total. The Balaban J connectivity index is 2.07. The second-order valence-electron chi connectivity index (χ2n) is 6.05. The number of piperidine rings is 1. The van der Waals surface area contributed by atoms with Crippen molar-refractivity contribution < 1.29 is 4.79 Å². The third-order valence-electron chi connectivity index (χ3n) is 4.41. The SMILES string of the molecule is CCNC(C)(C)C(=O)N1CCCC2CCCC21. The molecule has 17 heavy (non-hydrogen) atoms. The summed E-state index contributed by atoms with van der Waals surface area (Å²) >= 11 is 0. The molecule has 1 amide bonds. The quantitative estimate of drug-likeness (QED) is 0.817. The molecule has 0 aromatic rings. The molecule has 0 aromatic heterocycles. The number of fused-ring (bicyclic) bond motifs is 1. The summed E-state index contributed by atoms with van der Waals surface area (Å²) in [6.45, 7) is 7.90. The summed E-state index contributed by atoms with van der Waals surface area (Å²) in [4.78, 5) is 14.8. The highest BCUT2D eigenvalue weighted by atomic mass is 16.2. The summed E-state index contributed by atoms with van der Waals surface area (Å²) in [6.07, 6.45) is 6.38. The van der Waals surface area contributed by atoms with E-state index in [1.54, 1.807) is 0 Å². The highest BCUT2D eigenvalue weighted by Gasteiger charge is 2.41. The summed E-state index contributed by atoms with van der Waals surface area (Å²) in [5, 5.41) is 3.31. The minimum Gasteiger partial charge on any atom is -0.338 e. The Kier molecular flexibility index (Phi) is 3.76. The summed E-state index contributed by atoms with van der Waals surface area (Å²) < 4.78 is 0. The van der Waals surface area contributed by atoms with Crippen molar-refractivity contribution in [2.24, 2.45) is 5.92 Å². The van der Waals surface area contributed by atoms with E-state index in [0.717, 1.165) is 19.0 Å². The summed E-state index contributed by atoms with van der Waals surface area (Å²) in [7, 11) is 0. The van der Waals surface area contributed by atoms with Crippen molar-refractivity contribution in [3.8, 4) is 0 Å². The first-order chi connectivity index (χ1) is 8.06. The average Bonchev–Trinajstić information content (AvgIpc) is 2.75. The van der Waals surface area contributed by atoms with Crippen LogP contribution in [0.15, 0.2) is 0 Å². The summed E-state index contributed by atoms with van der Waals surface area (Å²) in [5.41, 5.74) is -0.404. The number of carbonyl (C=O) groups is 1. The van der Waals surface area contributed by atoms with E-state index < -0.39 is 5.54 Å². The molecule has 3 heteroatoms. The molecule has 2 fully saturated rings. The van der Waals surface area contributed by atoms with Crippen LogP contribution in [0.2, 0.25) is 0 Å². The molecule has 0 aromatic carbocycles. The molecule has 2 atom stereocenters. The lowest BCUT2D eigenvalue weighted by molar-refractivity contribution is -0.141. The first kappa shape index (κ1) is 12.9. The second kappa shape index (κ2) is 4.97. The monoisotopic (exact) mass is 238 g/mol. The topological polar surface area (TPSA) is 32.3 Å². The van der Waals surface area contributed by atoms with Gasteiger partial charge in [0.1, 0.15) is 0 Å². The molecule has 0 spiro atoms. The van der Waals surface area contributed by atoms with E-state index in [1.165, 1.54) is 32.1 Å². The van der Waals surface area contributed by atoms with Gasteiger partial charge in [-0.15, -0.1) is 0 Å². The first-order valence-electron chi connectivity index (χ1n) is 7.12. The Morgan fingerprint density at radius 2 is 2.00 bits per heavy atom. The standard InChI is InChI=1S/C14H26N2O/c1-4-15-14(2,3)13(17)16-10-6-8-11-7-5-9-12(11)16/h11-12,15H,4-10H2,1-3H3. The number of likely N-dealkylation sites (tertiary alicyclic amines) is 1. The minimum atomic E-state index is -0.404. The number of nitrogens with one attached hydrogen (secondary N) is 1. The van der Waals surface area contributed by atoms with Gasteiger partial charge in [0, 0.05) is 12.6 Å². The fraction of sp³-hybridized carbons (Fsp3) is 0.929. The minimum absolute atomic E-state index is 0.302. The predicted molar refractivity (Wildman–Crippen MR) is 69.8 cm³/mol. The maximum absolute atomic E-state index is 12.6. The Labute approximate surface area is 105 Å². The molecule has 1 saturated heterocycles. The smallest absolute Gasteiger partial charge is 0.242 e. The maximum atomic E-state index is 12.6. The largest absolute Gasteiger partial charge is 0.338 e. The lowest BCUT2D eigenvalue weighted by Gasteiger charge is -2.42. The zero-order valence-electron chi connectivity index (χ0n) is 11.5. The molecule has 1 N–H and O–H groups in total. The number of likely N-dealkylation sites (N-methyl/N-ethyl adjacent to an activating group) is 1. The number of hydrogen-bond acceptors (Lipinski definition) is 2. The first-order valence-corrected chi connectivity index (χ1v) is 7.12. The van der Waals surface area contributed by atoms with Gasteiger partial charge in [-0.25, -0.2) is 0 Å². The van der Waals surface area contributed by atoms with Crippen molar-refractivity contribution in [1.82, 2.24) is 10.2 Å². The lowest BCUT2D eigenvalue weighted by Crippen LogP contribution is -2.58. The van der Waals surface area contributed by atoms with Gasteiger partial charge in [0.2, 0.25) is 5.91 Å². The van der Waals surface area contributed by atoms with Gasteiger partial charge in [-0.3, -0.25) is 4.79 Å². The van der Waals surface area contributed by atoms with Crippen molar-refractivity contribution in [1.29, 1.82) is 0 Å². The normalized spacial score (nSPS) is 29.2. The molecule has 0 bridgehead atoms. The van der Waals surface area contributed by atoms with Gasteiger partial charge < -0.3 is 10.2 Å². The molecule has 2 rings (SSSR count). The number of rotatable bonds is 3. The highest BCUT2D eigenvalue weighted by Crippen LogP contribution is 2.37. The lowest BCUT2D eigenvalue weighted by atomic mass is 9.90. The van der Waals surface area contributed by atoms with Gasteiger partial charge in [-0.2, -0.15) is 0 Å². The molecule has 1 saturated carbocycles. The van der Waals surface area contributed by atoms with Crippen LogP contribution in [-0.2, 0) is 4.79 Å². The Morgan fingerprint density at radius 1 is 1.29 bits per heavy atom. The van der Waals surface area contributed by atoms with Crippen LogP contribution < -0.4 is 5.32 Å². The zero-order valence-corrected chi connectivity index (χ0v) is 11.5. The van der Waals surface area contributed by atoms with Gasteiger partial charge >= 0.3 is 0 Å². The number of amides is 1. The van der Waals surface area contributed by atoms with E-state index in [4.69, 9.17) is 0 Å². The van der Waals surface area contributed by atoms with E-state index in [1.807, 2.05) is 13.8 Å². The van der Waals surface area contributed by atoms with Crippen LogP contribution in [0.4, 0.5) is 0 Å². The van der Waals surface area contributed by atoms with Crippen LogP contribution in [0.3, 0.4) is 0 Å². The van der Waals surface area contributed by atoms with Crippen LogP contribution in [-0.4, -0.2) is 35.5 Å². The van der Waals surface area contributed by atoms with Gasteiger partial charge in [0.25, 0.3) is 0 Å². The van der Waals surface area contributed by atoms with E-state index in [-0.39, 0.29) is 0 Å². The van der Waals surface area contributed by atoms with E-state index in [0.29, 0.717) is 11.9 Å². The maximum Gasteiger partial charge on any atom is 0.242 e. The molecule has 2 aliphatic rings. The number of carbonyl (C=O) groups excluding carboxylic acids is 1. The third-order valence-corrected chi connectivity index (χ3v) is 4.41. The predicted octanol–water partition coefficient (Wildman–Crippen LogP) is 2.17. The van der Waals surface area contributed by atoms with Gasteiger partial charge in [-0.05, 0) is 52.0 Å². The second-order valence-corrected chi connectivity index (χ2v) is 6.05. The van der Waals surface area contributed by atoms with Crippen molar-refractivity contribution in [2.45, 2.75) is 64.5 Å². The molecule has 2 unspecified atom stereocenters.